The fraction of sp³-hybridized carbons (Fsp3) is 0.467. The lowest BCUT2D eigenvalue weighted by Crippen LogP contribution is -2.17. The lowest BCUT2D eigenvalue weighted by atomic mass is 10.1. The van der Waals surface area contributed by atoms with Gasteiger partial charge in [0.05, 0.1) is 25.3 Å². The molecule has 0 spiro atoms. The van der Waals surface area contributed by atoms with E-state index in [1.165, 1.54) is 0 Å². The third-order valence-corrected chi connectivity index (χ3v) is 2.76. The van der Waals surface area contributed by atoms with Gasteiger partial charge in [-0.1, -0.05) is 0 Å². The van der Waals surface area contributed by atoms with Crippen molar-refractivity contribution in [1.29, 1.82) is 5.26 Å². The highest BCUT2D eigenvalue weighted by Gasteiger charge is 2.05. The number of nitriles is 1. The lowest BCUT2D eigenvalue weighted by molar-refractivity contribution is -0.143. The van der Waals surface area contributed by atoms with Crippen LogP contribution < -0.4 is 10.1 Å². The molecule has 0 bridgehead atoms. The number of hydrogen-bond donors (Lipinski definition) is 1. The molecule has 1 aromatic rings. The summed E-state index contributed by atoms with van der Waals surface area (Å²) in [5.74, 6) is 0.584. The molecule has 0 heterocycles. The Morgan fingerprint density at radius 1 is 1.45 bits per heavy atom. The van der Waals surface area contributed by atoms with Gasteiger partial charge >= 0.3 is 5.97 Å². The SMILES string of the molecule is CCOC(=O)CCCNCc1cc(C#N)ccc1OC. The van der Waals surface area contributed by atoms with Crippen LogP contribution in [0.3, 0.4) is 0 Å². The molecule has 0 aliphatic heterocycles. The minimum Gasteiger partial charge on any atom is -0.496 e. The molecule has 1 rings (SSSR count). The Bertz CT molecular complexity index is 480. The van der Waals surface area contributed by atoms with Gasteiger partial charge in [0.15, 0.2) is 0 Å². The number of methoxy groups -OCH3 is 1. The van der Waals surface area contributed by atoms with Crippen LogP contribution in [0.1, 0.15) is 30.9 Å². The van der Waals surface area contributed by atoms with Gasteiger partial charge in [-0.3, -0.25) is 4.79 Å². The van der Waals surface area contributed by atoms with Crippen LogP contribution in [0, 0.1) is 11.3 Å². The predicted molar refractivity (Wildman–Crippen MR) is 75.3 cm³/mol. The number of rotatable bonds is 8. The molecule has 0 unspecified atom stereocenters. The van der Waals surface area contributed by atoms with Crippen LogP contribution in [0.5, 0.6) is 5.75 Å². The highest BCUT2D eigenvalue weighted by molar-refractivity contribution is 5.69. The summed E-state index contributed by atoms with van der Waals surface area (Å²) in [7, 11) is 1.60. The van der Waals surface area contributed by atoms with Crippen LogP contribution in [0.4, 0.5) is 0 Å². The number of nitrogens with zero attached hydrogens (tertiary/aromatic N) is 1. The average molecular weight is 276 g/mol. The smallest absolute Gasteiger partial charge is 0.305 e. The maximum Gasteiger partial charge on any atom is 0.305 e. The number of esters is 1. The molecule has 0 aromatic heterocycles. The maximum absolute atomic E-state index is 11.2. The fourth-order valence-corrected chi connectivity index (χ4v) is 1.80. The molecule has 0 radical (unpaired) electrons. The number of nitrogens with one attached hydrogen (secondary N) is 1. The van der Waals surface area contributed by atoms with E-state index in [0.29, 0.717) is 31.7 Å². The molecule has 0 aliphatic carbocycles. The van der Waals surface area contributed by atoms with E-state index in [2.05, 4.69) is 11.4 Å². The van der Waals surface area contributed by atoms with Crippen molar-refractivity contribution in [1.82, 2.24) is 5.32 Å². The van der Waals surface area contributed by atoms with Crippen molar-refractivity contribution in [2.45, 2.75) is 26.3 Å². The minimum atomic E-state index is -0.168. The van der Waals surface area contributed by atoms with E-state index in [0.717, 1.165) is 17.7 Å². The summed E-state index contributed by atoms with van der Waals surface area (Å²) in [5.41, 5.74) is 1.54. The van der Waals surface area contributed by atoms with Gasteiger partial charge in [0.1, 0.15) is 5.75 Å². The predicted octanol–water partition coefficient (Wildman–Crippen LogP) is 2.00. The summed E-state index contributed by atoms with van der Waals surface area (Å²) in [6, 6.07) is 7.42. The van der Waals surface area contributed by atoms with Crippen LogP contribution >= 0.6 is 0 Å². The summed E-state index contributed by atoms with van der Waals surface area (Å²) in [6.07, 6.45) is 1.13. The standard InChI is InChI=1S/C15H20N2O3/c1-3-20-15(18)5-4-8-17-11-13-9-12(10-16)6-7-14(13)19-2/h6-7,9,17H,3-5,8,11H2,1-2H3. The minimum absolute atomic E-state index is 0.168. The largest absolute Gasteiger partial charge is 0.496 e. The van der Waals surface area contributed by atoms with Crippen LogP contribution in [-0.2, 0) is 16.1 Å². The van der Waals surface area contributed by atoms with E-state index < -0.39 is 0 Å². The second kappa shape index (κ2) is 8.94. The molecule has 1 aromatic carbocycles. The monoisotopic (exact) mass is 276 g/mol. The first kappa shape index (κ1) is 16.0. The molecular formula is C15H20N2O3. The Morgan fingerprint density at radius 2 is 2.25 bits per heavy atom. The van der Waals surface area contributed by atoms with Crippen LogP contribution in [0.25, 0.3) is 0 Å². The fourth-order valence-electron chi connectivity index (χ4n) is 1.80. The number of carbonyl (C=O) groups is 1. The van der Waals surface area contributed by atoms with Crippen LogP contribution in [0.15, 0.2) is 18.2 Å². The van der Waals surface area contributed by atoms with E-state index in [1.54, 1.807) is 32.2 Å². The van der Waals surface area contributed by atoms with Gasteiger partial charge < -0.3 is 14.8 Å². The van der Waals surface area contributed by atoms with E-state index >= 15 is 0 Å². The van der Waals surface area contributed by atoms with Gasteiger partial charge in [0, 0.05) is 18.5 Å². The van der Waals surface area contributed by atoms with Crippen molar-refractivity contribution in [3.05, 3.63) is 29.3 Å². The molecule has 1 N–H and O–H groups in total. The Labute approximate surface area is 119 Å². The molecule has 0 fully saturated rings. The summed E-state index contributed by atoms with van der Waals surface area (Å²) in [6.45, 7) is 3.52. The topological polar surface area (TPSA) is 71.3 Å². The Morgan fingerprint density at radius 3 is 2.90 bits per heavy atom. The van der Waals surface area contributed by atoms with Gasteiger partial charge in [-0.15, -0.1) is 0 Å². The van der Waals surface area contributed by atoms with Crippen LogP contribution in [0.2, 0.25) is 0 Å². The summed E-state index contributed by atoms with van der Waals surface area (Å²) in [4.78, 5) is 11.2. The summed E-state index contributed by atoms with van der Waals surface area (Å²) in [5, 5.41) is 12.1. The van der Waals surface area contributed by atoms with Crippen molar-refractivity contribution in [2.24, 2.45) is 0 Å². The van der Waals surface area contributed by atoms with E-state index in [9.17, 15) is 4.79 Å². The van der Waals surface area contributed by atoms with Crippen molar-refractivity contribution in [3.63, 3.8) is 0 Å². The van der Waals surface area contributed by atoms with E-state index in [-0.39, 0.29) is 5.97 Å². The summed E-state index contributed by atoms with van der Waals surface area (Å²) < 4.78 is 10.1. The zero-order chi connectivity index (χ0) is 14.8. The zero-order valence-corrected chi connectivity index (χ0v) is 11.9. The molecular weight excluding hydrogens is 256 g/mol. The van der Waals surface area contributed by atoms with Gasteiger partial charge in [-0.05, 0) is 38.1 Å². The highest BCUT2D eigenvalue weighted by Crippen LogP contribution is 2.19. The first-order chi connectivity index (χ1) is 9.71. The molecule has 5 heteroatoms. The third-order valence-electron chi connectivity index (χ3n) is 2.76. The molecule has 0 saturated carbocycles. The number of benzene rings is 1. The Kier molecular flexibility index (Phi) is 7.15. The first-order valence-corrected chi connectivity index (χ1v) is 6.64. The zero-order valence-electron chi connectivity index (χ0n) is 11.9. The normalized spacial score (nSPS) is 9.85. The number of ether oxygens (including phenoxy) is 2. The van der Waals surface area contributed by atoms with Crippen LogP contribution in [-0.4, -0.2) is 26.2 Å². The first-order valence-electron chi connectivity index (χ1n) is 6.64. The van der Waals surface area contributed by atoms with Crippen molar-refractivity contribution < 1.29 is 14.3 Å². The molecule has 0 saturated heterocycles. The molecule has 108 valence electrons. The Hall–Kier alpha value is -2.06. The van der Waals surface area contributed by atoms with E-state index in [1.807, 2.05) is 0 Å². The molecule has 0 amide bonds. The lowest BCUT2D eigenvalue weighted by Gasteiger charge is -2.10. The van der Waals surface area contributed by atoms with Gasteiger partial charge in [-0.2, -0.15) is 5.26 Å². The van der Waals surface area contributed by atoms with Gasteiger partial charge in [0.25, 0.3) is 0 Å². The molecule has 0 aliphatic rings. The second-order valence-electron chi connectivity index (χ2n) is 4.22. The summed E-state index contributed by atoms with van der Waals surface area (Å²) >= 11 is 0. The third kappa shape index (κ3) is 5.29. The van der Waals surface area contributed by atoms with E-state index in [4.69, 9.17) is 14.7 Å². The van der Waals surface area contributed by atoms with Gasteiger partial charge in [-0.25, -0.2) is 0 Å². The molecule has 5 nitrogen and oxygen atoms in total. The number of carbonyl (C=O) groups excluding carboxylic acids is 1. The van der Waals surface area contributed by atoms with Crippen molar-refractivity contribution >= 4 is 5.97 Å². The quantitative estimate of drug-likeness (QED) is 0.581. The molecule has 20 heavy (non-hydrogen) atoms. The molecule has 0 atom stereocenters. The average Bonchev–Trinajstić information content (AvgIpc) is 2.47. The highest BCUT2D eigenvalue weighted by atomic mass is 16.5. The number of hydrogen-bond acceptors (Lipinski definition) is 5. The second-order valence-corrected chi connectivity index (χ2v) is 4.22. The van der Waals surface area contributed by atoms with Gasteiger partial charge in [0.2, 0.25) is 0 Å². The van der Waals surface area contributed by atoms with Crippen molar-refractivity contribution in [2.75, 3.05) is 20.3 Å². The maximum atomic E-state index is 11.2. The van der Waals surface area contributed by atoms with Crippen molar-refractivity contribution in [3.8, 4) is 11.8 Å². The Balaban J connectivity index is 2.38.